The van der Waals surface area contributed by atoms with Gasteiger partial charge in [-0.2, -0.15) is 13.2 Å². The van der Waals surface area contributed by atoms with E-state index in [1.54, 1.807) is 10.3 Å². The van der Waals surface area contributed by atoms with Gasteiger partial charge in [0.15, 0.2) is 11.5 Å². The van der Waals surface area contributed by atoms with Crippen molar-refractivity contribution in [2.75, 3.05) is 32.4 Å². The Hall–Kier alpha value is -2.23. The molecule has 0 aromatic carbocycles. The second kappa shape index (κ2) is 6.82. The molecule has 2 amide bonds. The Morgan fingerprint density at radius 2 is 1.73 bits per heavy atom. The summed E-state index contributed by atoms with van der Waals surface area (Å²) in [6.07, 6.45) is -0.422. The maximum Gasteiger partial charge on any atom is 0.434 e. The first-order chi connectivity index (χ1) is 12.2. The van der Waals surface area contributed by atoms with Gasteiger partial charge in [-0.05, 0) is 22.8 Å². The van der Waals surface area contributed by atoms with Crippen LogP contribution in [0.15, 0.2) is 28.8 Å². The molecule has 140 valence electrons. The number of nitrogens with zero attached hydrogens (tertiary/aromatic N) is 4. The van der Waals surface area contributed by atoms with Crippen LogP contribution in [0.25, 0.3) is 0 Å². The van der Waals surface area contributed by atoms with Gasteiger partial charge in [-0.1, -0.05) is 0 Å². The largest absolute Gasteiger partial charge is 0.434 e. The molecule has 3 heterocycles. The van der Waals surface area contributed by atoms with Crippen LogP contribution in [0.2, 0.25) is 0 Å². The van der Waals surface area contributed by atoms with Crippen LogP contribution in [-0.4, -0.2) is 63.6 Å². The van der Waals surface area contributed by atoms with Crippen molar-refractivity contribution >= 4 is 23.6 Å². The van der Waals surface area contributed by atoms with Gasteiger partial charge in [-0.15, -0.1) is 11.8 Å². The third kappa shape index (κ3) is 3.50. The van der Waals surface area contributed by atoms with Gasteiger partial charge in [0.2, 0.25) is 5.91 Å². The van der Waals surface area contributed by atoms with Gasteiger partial charge < -0.3 is 14.4 Å². The Bertz CT molecular complexity index is 795. The van der Waals surface area contributed by atoms with Crippen LogP contribution in [0.4, 0.5) is 13.2 Å². The van der Waals surface area contributed by atoms with Crippen LogP contribution in [-0.2, 0) is 18.0 Å². The van der Waals surface area contributed by atoms with Crippen molar-refractivity contribution in [2.45, 2.75) is 6.18 Å². The molecule has 2 aliphatic heterocycles. The number of hydrogen-bond donors (Lipinski definition) is 0. The number of carbonyl (C=O) groups is 2. The van der Waals surface area contributed by atoms with Crippen molar-refractivity contribution in [3.63, 3.8) is 0 Å². The highest BCUT2D eigenvalue weighted by Gasteiger charge is 2.38. The van der Waals surface area contributed by atoms with Gasteiger partial charge in [0.1, 0.15) is 0 Å². The molecule has 0 radical (unpaired) electrons. The third-order valence-electron chi connectivity index (χ3n) is 4.33. The lowest BCUT2D eigenvalue weighted by atomic mass is 10.2. The molecular formula is C16H17F3N4O2S. The van der Waals surface area contributed by atoms with E-state index in [0.717, 1.165) is 21.9 Å². The van der Waals surface area contributed by atoms with Crippen molar-refractivity contribution in [2.24, 2.45) is 7.05 Å². The standard InChI is InChI=1S/C16H17F3N4O2S/c1-21-9-12(16(17,18)19)20-14(21)15(25)23-7-10-5-22(6-11(10)8-23)13(24)3-4-26-2/h3-4,9H,5-8H2,1-2H3/b4-3+. The molecule has 0 fully saturated rings. The maximum absolute atomic E-state index is 12.8. The average Bonchev–Trinajstić information content (AvgIpc) is 3.23. The average molecular weight is 386 g/mol. The Morgan fingerprint density at radius 1 is 1.15 bits per heavy atom. The molecule has 6 nitrogen and oxygen atoms in total. The zero-order valence-electron chi connectivity index (χ0n) is 14.2. The number of rotatable bonds is 3. The van der Waals surface area contributed by atoms with E-state index in [1.165, 1.54) is 29.8 Å². The first-order valence-electron chi connectivity index (χ1n) is 7.78. The number of hydrogen-bond acceptors (Lipinski definition) is 4. The molecule has 0 N–H and O–H groups in total. The van der Waals surface area contributed by atoms with E-state index in [0.29, 0.717) is 26.2 Å². The molecule has 0 bridgehead atoms. The smallest absolute Gasteiger partial charge is 0.331 e. The van der Waals surface area contributed by atoms with Crippen LogP contribution in [0.3, 0.4) is 0 Å². The Kier molecular flexibility index (Phi) is 4.87. The fraction of sp³-hybridized carbons (Fsp3) is 0.438. The molecule has 0 spiro atoms. The van der Waals surface area contributed by atoms with Gasteiger partial charge in [0.05, 0.1) is 0 Å². The van der Waals surface area contributed by atoms with Gasteiger partial charge in [0, 0.05) is 45.5 Å². The summed E-state index contributed by atoms with van der Waals surface area (Å²) in [6.45, 7) is 1.48. The lowest BCUT2D eigenvalue weighted by molar-refractivity contribution is -0.141. The van der Waals surface area contributed by atoms with E-state index in [9.17, 15) is 22.8 Å². The zero-order chi connectivity index (χ0) is 19.1. The minimum Gasteiger partial charge on any atom is -0.331 e. The topological polar surface area (TPSA) is 58.4 Å². The quantitative estimate of drug-likeness (QED) is 0.588. The van der Waals surface area contributed by atoms with Gasteiger partial charge >= 0.3 is 6.18 Å². The van der Waals surface area contributed by atoms with E-state index in [-0.39, 0.29) is 11.7 Å². The lowest BCUT2D eigenvalue weighted by Crippen LogP contribution is -2.36. The molecule has 1 aromatic heterocycles. The molecular weight excluding hydrogens is 369 g/mol. The van der Waals surface area contributed by atoms with Crippen molar-refractivity contribution in [3.05, 3.63) is 40.3 Å². The van der Waals surface area contributed by atoms with E-state index >= 15 is 0 Å². The highest BCUT2D eigenvalue weighted by atomic mass is 32.2. The van der Waals surface area contributed by atoms with Crippen LogP contribution >= 0.6 is 11.8 Å². The fourth-order valence-corrected chi connectivity index (χ4v) is 3.31. The second-order valence-corrected chi connectivity index (χ2v) is 6.90. The second-order valence-electron chi connectivity index (χ2n) is 6.16. The SMILES string of the molecule is CS/C=C/C(=O)N1CC2=C(C1)CN(C(=O)c1nc(C(F)(F)F)cn1C)C2. The molecule has 0 unspecified atom stereocenters. The summed E-state index contributed by atoms with van der Waals surface area (Å²) in [7, 11) is 1.37. The van der Waals surface area contributed by atoms with Gasteiger partial charge in [0.25, 0.3) is 5.91 Å². The van der Waals surface area contributed by atoms with Crippen LogP contribution in [0.1, 0.15) is 16.3 Å². The van der Waals surface area contributed by atoms with Crippen LogP contribution in [0.5, 0.6) is 0 Å². The number of thioether (sulfide) groups is 1. The summed E-state index contributed by atoms with van der Waals surface area (Å²) in [5.41, 5.74) is 0.851. The normalized spacial score (nSPS) is 17.6. The highest BCUT2D eigenvalue weighted by Crippen LogP contribution is 2.30. The molecule has 0 atom stereocenters. The fourth-order valence-electron chi connectivity index (χ4n) is 3.05. The molecule has 2 aliphatic rings. The number of aromatic nitrogens is 2. The summed E-state index contributed by atoms with van der Waals surface area (Å²) in [4.78, 5) is 31.2. The van der Waals surface area contributed by atoms with E-state index in [2.05, 4.69) is 4.98 Å². The lowest BCUT2D eigenvalue weighted by Gasteiger charge is -2.22. The van der Waals surface area contributed by atoms with Crippen molar-refractivity contribution in [1.29, 1.82) is 0 Å². The Labute approximate surface area is 152 Å². The van der Waals surface area contributed by atoms with Crippen LogP contribution in [0, 0.1) is 0 Å². The van der Waals surface area contributed by atoms with Gasteiger partial charge in [-0.25, -0.2) is 4.98 Å². The Balaban J connectivity index is 1.65. The number of imidazole rings is 1. The van der Waals surface area contributed by atoms with Crippen molar-refractivity contribution in [1.82, 2.24) is 19.4 Å². The molecule has 1 aromatic rings. The summed E-state index contributed by atoms with van der Waals surface area (Å²) in [6, 6.07) is 0. The predicted molar refractivity (Wildman–Crippen MR) is 90.4 cm³/mol. The minimum absolute atomic E-state index is 0.0921. The summed E-state index contributed by atoms with van der Waals surface area (Å²) >= 11 is 1.43. The number of alkyl halides is 3. The molecule has 0 aliphatic carbocycles. The first-order valence-corrected chi connectivity index (χ1v) is 9.07. The molecule has 3 rings (SSSR count). The van der Waals surface area contributed by atoms with Crippen molar-refractivity contribution < 1.29 is 22.8 Å². The predicted octanol–water partition coefficient (Wildman–Crippen LogP) is 1.91. The minimum atomic E-state index is -4.59. The van der Waals surface area contributed by atoms with E-state index in [1.807, 2.05) is 6.26 Å². The highest BCUT2D eigenvalue weighted by molar-refractivity contribution is 8.01. The number of amides is 2. The monoisotopic (exact) mass is 386 g/mol. The van der Waals surface area contributed by atoms with Gasteiger partial charge in [-0.3, -0.25) is 9.59 Å². The van der Waals surface area contributed by atoms with E-state index < -0.39 is 17.8 Å². The summed E-state index contributed by atoms with van der Waals surface area (Å²) in [5, 5.41) is 1.71. The van der Waals surface area contributed by atoms with E-state index in [4.69, 9.17) is 0 Å². The number of halogens is 3. The van der Waals surface area contributed by atoms with Crippen LogP contribution < -0.4 is 0 Å². The third-order valence-corrected chi connectivity index (χ3v) is 4.74. The molecule has 0 saturated carbocycles. The first kappa shape index (κ1) is 18.6. The number of carbonyl (C=O) groups excluding carboxylic acids is 2. The molecule has 26 heavy (non-hydrogen) atoms. The Morgan fingerprint density at radius 3 is 2.23 bits per heavy atom. The summed E-state index contributed by atoms with van der Waals surface area (Å²) < 4.78 is 39.4. The molecule has 10 heteroatoms. The number of aryl methyl sites for hydroxylation is 1. The maximum atomic E-state index is 12.8. The zero-order valence-corrected chi connectivity index (χ0v) is 15.0. The summed E-state index contributed by atoms with van der Waals surface area (Å²) in [5.74, 6) is -0.877. The molecule has 0 saturated heterocycles. The van der Waals surface area contributed by atoms with Crippen molar-refractivity contribution in [3.8, 4) is 0 Å².